The van der Waals surface area contributed by atoms with Gasteiger partial charge in [0.25, 0.3) is 0 Å². The summed E-state index contributed by atoms with van der Waals surface area (Å²) in [5.74, 6) is 0.766. The highest BCUT2D eigenvalue weighted by molar-refractivity contribution is 9.10. The van der Waals surface area contributed by atoms with Gasteiger partial charge < -0.3 is 4.57 Å². The number of benzene rings is 1. The first kappa shape index (κ1) is 12.0. The Morgan fingerprint density at radius 2 is 2.22 bits per heavy atom. The van der Waals surface area contributed by atoms with Crippen molar-refractivity contribution in [2.24, 2.45) is 5.92 Å². The van der Waals surface area contributed by atoms with Crippen molar-refractivity contribution in [2.75, 3.05) is 0 Å². The fourth-order valence-corrected chi connectivity index (χ4v) is 3.36. The summed E-state index contributed by atoms with van der Waals surface area (Å²) in [6.07, 6.45) is 6.07. The molecule has 0 spiro atoms. The van der Waals surface area contributed by atoms with Gasteiger partial charge in [0.05, 0.1) is 0 Å². The highest BCUT2D eigenvalue weighted by atomic mass is 79.9. The second-order valence-electron chi connectivity index (χ2n) is 5.03. The highest BCUT2D eigenvalue weighted by Gasteiger charge is 2.23. The molecule has 18 heavy (non-hydrogen) atoms. The number of ketones is 1. The lowest BCUT2D eigenvalue weighted by molar-refractivity contribution is -0.120. The van der Waals surface area contributed by atoms with Gasteiger partial charge in [0, 0.05) is 40.5 Å². The first-order chi connectivity index (χ1) is 8.75. The molecule has 1 heterocycles. The van der Waals surface area contributed by atoms with Gasteiger partial charge in [-0.05, 0) is 37.5 Å². The lowest BCUT2D eigenvalue weighted by atomic mass is 10.0. The van der Waals surface area contributed by atoms with Crippen LogP contribution >= 0.6 is 15.9 Å². The molecule has 1 atom stereocenters. The molecule has 0 N–H and O–H groups in total. The van der Waals surface area contributed by atoms with Crippen LogP contribution in [0.15, 0.2) is 34.9 Å². The van der Waals surface area contributed by atoms with Crippen LogP contribution in [0.25, 0.3) is 10.9 Å². The number of nitrogens with zero attached hydrogens (tertiary/aromatic N) is 1. The van der Waals surface area contributed by atoms with Crippen molar-refractivity contribution in [1.29, 1.82) is 0 Å². The third-order valence-corrected chi connectivity index (χ3v) is 4.60. The highest BCUT2D eigenvalue weighted by Crippen LogP contribution is 2.28. The zero-order valence-corrected chi connectivity index (χ0v) is 11.8. The lowest BCUT2D eigenvalue weighted by Gasteiger charge is -2.10. The zero-order valence-electron chi connectivity index (χ0n) is 10.2. The fraction of sp³-hybridized carbons (Fsp3) is 0.400. The van der Waals surface area contributed by atoms with E-state index in [1.165, 1.54) is 10.9 Å². The molecule has 2 nitrogen and oxygen atoms in total. The largest absolute Gasteiger partial charge is 0.347 e. The van der Waals surface area contributed by atoms with E-state index >= 15 is 0 Å². The van der Waals surface area contributed by atoms with Crippen LogP contribution in [0.2, 0.25) is 0 Å². The first-order valence-corrected chi connectivity index (χ1v) is 7.31. The van der Waals surface area contributed by atoms with Gasteiger partial charge in [-0.15, -0.1) is 0 Å². The molecule has 1 aromatic heterocycles. The van der Waals surface area contributed by atoms with E-state index in [1.807, 2.05) is 0 Å². The molecule has 0 bridgehead atoms. The maximum absolute atomic E-state index is 11.6. The second-order valence-corrected chi connectivity index (χ2v) is 5.88. The molecule has 1 fully saturated rings. The third-order valence-electron chi connectivity index (χ3n) is 3.91. The van der Waals surface area contributed by atoms with Crippen LogP contribution in [-0.4, -0.2) is 10.4 Å². The van der Waals surface area contributed by atoms with Crippen LogP contribution < -0.4 is 0 Å². The predicted octanol–water partition coefficient (Wildman–Crippen LogP) is 4.16. The normalized spacial score (nSPS) is 19.8. The molecule has 1 aliphatic carbocycles. The van der Waals surface area contributed by atoms with E-state index in [9.17, 15) is 4.79 Å². The quantitative estimate of drug-likeness (QED) is 0.834. The van der Waals surface area contributed by atoms with Gasteiger partial charge in [0.15, 0.2) is 0 Å². The summed E-state index contributed by atoms with van der Waals surface area (Å²) in [4.78, 5) is 11.6. The van der Waals surface area contributed by atoms with Crippen molar-refractivity contribution in [1.82, 2.24) is 4.57 Å². The maximum Gasteiger partial charge on any atom is 0.136 e. The molecule has 94 valence electrons. The number of carbonyl (C=O) groups is 1. The first-order valence-electron chi connectivity index (χ1n) is 6.52. The Morgan fingerprint density at radius 1 is 1.33 bits per heavy atom. The molecule has 0 radical (unpaired) electrons. The number of carbonyl (C=O) groups excluding carboxylic acids is 1. The smallest absolute Gasteiger partial charge is 0.136 e. The second kappa shape index (κ2) is 4.88. The minimum Gasteiger partial charge on any atom is -0.347 e. The Balaban J connectivity index is 1.79. The molecule has 0 amide bonds. The van der Waals surface area contributed by atoms with Gasteiger partial charge >= 0.3 is 0 Å². The number of aromatic nitrogens is 1. The van der Waals surface area contributed by atoms with Crippen molar-refractivity contribution in [2.45, 2.75) is 32.2 Å². The third kappa shape index (κ3) is 2.12. The van der Waals surface area contributed by atoms with Gasteiger partial charge in [0.2, 0.25) is 0 Å². The SMILES string of the molecule is O=C1CCCC1CCn1ccc2c(Br)cccc21. The Labute approximate surface area is 115 Å². The molecule has 0 saturated heterocycles. The lowest BCUT2D eigenvalue weighted by Crippen LogP contribution is -2.09. The van der Waals surface area contributed by atoms with Crippen molar-refractivity contribution >= 4 is 32.6 Å². The summed E-state index contributed by atoms with van der Waals surface area (Å²) in [5.41, 5.74) is 1.25. The van der Waals surface area contributed by atoms with Crippen molar-refractivity contribution in [3.8, 4) is 0 Å². The van der Waals surface area contributed by atoms with Crippen molar-refractivity contribution in [3.63, 3.8) is 0 Å². The van der Waals surface area contributed by atoms with E-state index in [-0.39, 0.29) is 0 Å². The number of halogens is 1. The number of hydrogen-bond donors (Lipinski definition) is 0. The molecule has 3 rings (SSSR count). The number of rotatable bonds is 3. The number of aryl methyl sites for hydroxylation is 1. The molecular formula is C15H16BrNO. The van der Waals surface area contributed by atoms with E-state index in [1.54, 1.807) is 0 Å². The van der Waals surface area contributed by atoms with E-state index in [2.05, 4.69) is 51.0 Å². The minimum absolute atomic E-state index is 0.301. The van der Waals surface area contributed by atoms with Crippen LogP contribution in [-0.2, 0) is 11.3 Å². The number of Topliss-reactive ketones (excluding diaryl/α,β-unsaturated/α-hetero) is 1. The number of fused-ring (bicyclic) bond motifs is 1. The van der Waals surface area contributed by atoms with Gasteiger partial charge in [-0.1, -0.05) is 22.0 Å². The van der Waals surface area contributed by atoms with Gasteiger partial charge in [-0.25, -0.2) is 0 Å². The minimum atomic E-state index is 0.301. The molecular weight excluding hydrogens is 290 g/mol. The zero-order chi connectivity index (χ0) is 12.5. The van der Waals surface area contributed by atoms with Crippen LogP contribution in [0.3, 0.4) is 0 Å². The molecule has 1 aliphatic rings. The number of hydrogen-bond acceptors (Lipinski definition) is 1. The Kier molecular flexibility index (Phi) is 3.25. The summed E-state index contributed by atoms with van der Waals surface area (Å²) >= 11 is 3.57. The summed E-state index contributed by atoms with van der Waals surface area (Å²) in [5, 5.41) is 1.25. The van der Waals surface area contributed by atoms with Crippen LogP contribution in [0.4, 0.5) is 0 Å². The predicted molar refractivity (Wildman–Crippen MR) is 76.6 cm³/mol. The Morgan fingerprint density at radius 3 is 3.00 bits per heavy atom. The monoisotopic (exact) mass is 305 g/mol. The van der Waals surface area contributed by atoms with Crippen molar-refractivity contribution in [3.05, 3.63) is 34.9 Å². The van der Waals surface area contributed by atoms with E-state index in [4.69, 9.17) is 0 Å². The van der Waals surface area contributed by atoms with Crippen molar-refractivity contribution < 1.29 is 4.79 Å². The van der Waals surface area contributed by atoms with Crippen LogP contribution in [0, 0.1) is 5.92 Å². The van der Waals surface area contributed by atoms with Gasteiger partial charge in [-0.2, -0.15) is 0 Å². The van der Waals surface area contributed by atoms with Crippen LogP contribution in [0.5, 0.6) is 0 Å². The average Bonchev–Trinajstić information content (AvgIpc) is 2.94. The Hall–Kier alpha value is -1.09. The fourth-order valence-electron chi connectivity index (χ4n) is 2.87. The summed E-state index contributed by atoms with van der Waals surface area (Å²) in [6, 6.07) is 8.39. The topological polar surface area (TPSA) is 22.0 Å². The molecule has 1 saturated carbocycles. The summed E-state index contributed by atoms with van der Waals surface area (Å²) in [7, 11) is 0. The van der Waals surface area contributed by atoms with Crippen LogP contribution in [0.1, 0.15) is 25.7 Å². The summed E-state index contributed by atoms with van der Waals surface area (Å²) < 4.78 is 3.39. The molecule has 1 aromatic carbocycles. The molecule has 1 unspecified atom stereocenters. The van der Waals surface area contributed by atoms with Gasteiger partial charge in [0.1, 0.15) is 5.78 Å². The van der Waals surface area contributed by atoms with E-state index in [0.717, 1.165) is 36.7 Å². The molecule has 0 aliphatic heterocycles. The summed E-state index contributed by atoms with van der Waals surface area (Å²) in [6.45, 7) is 0.941. The average molecular weight is 306 g/mol. The van der Waals surface area contributed by atoms with Gasteiger partial charge in [-0.3, -0.25) is 4.79 Å². The Bertz CT molecular complexity index is 587. The van der Waals surface area contributed by atoms with E-state index in [0.29, 0.717) is 11.7 Å². The standard InChI is InChI=1S/C15H16BrNO/c16-13-4-2-5-14-12(13)8-10-17(14)9-7-11-3-1-6-15(11)18/h2,4-5,8,10-11H,1,3,6-7,9H2. The molecule has 3 heteroatoms. The van der Waals surface area contributed by atoms with E-state index < -0.39 is 0 Å². The molecule has 2 aromatic rings. The maximum atomic E-state index is 11.6.